The summed E-state index contributed by atoms with van der Waals surface area (Å²) in [5, 5.41) is 6.55. The fraction of sp³-hybridized carbons (Fsp3) is 0.562. The Hall–Kier alpha value is -1.39. The number of carbonyl (C=O) groups excluding carboxylic acids is 1. The van der Waals surface area contributed by atoms with Crippen LogP contribution in [0.3, 0.4) is 0 Å². The highest BCUT2D eigenvalue weighted by Crippen LogP contribution is 2.40. The number of nitrogens with zero attached hydrogens (tertiary/aromatic N) is 1. The highest BCUT2D eigenvalue weighted by molar-refractivity contribution is 5.78. The molecule has 2 aliphatic rings. The van der Waals surface area contributed by atoms with Gasteiger partial charge < -0.3 is 10.6 Å². The summed E-state index contributed by atoms with van der Waals surface area (Å²) in [5.41, 5.74) is 1.24. The SMILES string of the molecule is O=C(CN1CCNCC1)NC(c1ccccc1)C1CC1. The molecule has 2 N–H and O–H groups in total. The van der Waals surface area contributed by atoms with Gasteiger partial charge in [0.05, 0.1) is 12.6 Å². The minimum atomic E-state index is 0.160. The first-order chi connectivity index (χ1) is 9.83. The minimum Gasteiger partial charge on any atom is -0.348 e. The molecule has 1 heterocycles. The van der Waals surface area contributed by atoms with Gasteiger partial charge in [-0.05, 0) is 24.3 Å². The van der Waals surface area contributed by atoms with Crippen molar-refractivity contribution in [3.63, 3.8) is 0 Å². The van der Waals surface area contributed by atoms with E-state index in [4.69, 9.17) is 0 Å². The van der Waals surface area contributed by atoms with Gasteiger partial charge >= 0.3 is 0 Å². The third-order valence-electron chi connectivity index (χ3n) is 4.15. The first-order valence-electron chi connectivity index (χ1n) is 7.60. The molecule has 4 heteroatoms. The Morgan fingerprint density at radius 2 is 1.95 bits per heavy atom. The van der Waals surface area contributed by atoms with Crippen LogP contribution < -0.4 is 10.6 Å². The average molecular weight is 273 g/mol. The Morgan fingerprint density at radius 1 is 1.25 bits per heavy atom. The van der Waals surface area contributed by atoms with E-state index < -0.39 is 0 Å². The molecule has 1 amide bonds. The van der Waals surface area contributed by atoms with Gasteiger partial charge in [0.1, 0.15) is 0 Å². The Bertz CT molecular complexity index is 438. The summed E-state index contributed by atoms with van der Waals surface area (Å²) in [5.74, 6) is 0.789. The van der Waals surface area contributed by atoms with Crippen LogP contribution in [0.15, 0.2) is 30.3 Å². The summed E-state index contributed by atoms with van der Waals surface area (Å²) in [7, 11) is 0. The van der Waals surface area contributed by atoms with Gasteiger partial charge in [0.25, 0.3) is 0 Å². The molecule has 4 nitrogen and oxygen atoms in total. The quantitative estimate of drug-likeness (QED) is 0.846. The minimum absolute atomic E-state index is 0.160. The van der Waals surface area contributed by atoms with Crippen LogP contribution in [0.25, 0.3) is 0 Å². The normalized spacial score (nSPS) is 21.4. The van der Waals surface area contributed by atoms with Crippen molar-refractivity contribution >= 4 is 5.91 Å². The maximum atomic E-state index is 12.3. The zero-order valence-electron chi connectivity index (χ0n) is 11.8. The first kappa shape index (κ1) is 13.6. The second-order valence-corrected chi connectivity index (χ2v) is 5.82. The molecule has 1 aromatic carbocycles. The van der Waals surface area contributed by atoms with E-state index >= 15 is 0 Å². The van der Waals surface area contributed by atoms with Crippen molar-refractivity contribution in [2.24, 2.45) is 5.92 Å². The average Bonchev–Trinajstić information content (AvgIpc) is 3.31. The van der Waals surface area contributed by atoms with Crippen LogP contribution in [0, 0.1) is 5.92 Å². The smallest absolute Gasteiger partial charge is 0.234 e. The molecule has 3 rings (SSSR count). The molecule has 0 spiro atoms. The number of benzene rings is 1. The van der Waals surface area contributed by atoms with Gasteiger partial charge in [0.2, 0.25) is 5.91 Å². The van der Waals surface area contributed by atoms with Crippen LogP contribution in [0.4, 0.5) is 0 Å². The Morgan fingerprint density at radius 3 is 2.60 bits per heavy atom. The molecule has 108 valence electrons. The summed E-state index contributed by atoms with van der Waals surface area (Å²) < 4.78 is 0. The molecular weight excluding hydrogens is 250 g/mol. The van der Waals surface area contributed by atoms with E-state index in [1.807, 2.05) is 18.2 Å². The van der Waals surface area contributed by atoms with Gasteiger partial charge in [-0.25, -0.2) is 0 Å². The molecule has 1 saturated carbocycles. The largest absolute Gasteiger partial charge is 0.348 e. The van der Waals surface area contributed by atoms with Crippen LogP contribution in [0.2, 0.25) is 0 Å². The van der Waals surface area contributed by atoms with E-state index in [0.29, 0.717) is 12.5 Å². The highest BCUT2D eigenvalue weighted by atomic mass is 16.2. The Balaban J connectivity index is 1.57. The van der Waals surface area contributed by atoms with E-state index in [-0.39, 0.29) is 11.9 Å². The van der Waals surface area contributed by atoms with Crippen molar-refractivity contribution in [1.29, 1.82) is 0 Å². The lowest BCUT2D eigenvalue weighted by Crippen LogP contribution is -2.48. The Kier molecular flexibility index (Phi) is 4.33. The lowest BCUT2D eigenvalue weighted by atomic mass is 10.0. The van der Waals surface area contributed by atoms with Gasteiger partial charge in [-0.2, -0.15) is 0 Å². The highest BCUT2D eigenvalue weighted by Gasteiger charge is 2.33. The molecule has 2 fully saturated rings. The van der Waals surface area contributed by atoms with Gasteiger partial charge in [0, 0.05) is 26.2 Å². The van der Waals surface area contributed by atoms with Crippen molar-refractivity contribution in [3.05, 3.63) is 35.9 Å². The monoisotopic (exact) mass is 273 g/mol. The van der Waals surface area contributed by atoms with E-state index in [2.05, 4.69) is 27.7 Å². The van der Waals surface area contributed by atoms with Gasteiger partial charge in [0.15, 0.2) is 0 Å². The Labute approximate surface area is 120 Å². The lowest BCUT2D eigenvalue weighted by molar-refractivity contribution is -0.123. The van der Waals surface area contributed by atoms with Crippen LogP contribution in [0.5, 0.6) is 0 Å². The molecule has 0 aromatic heterocycles. The lowest BCUT2D eigenvalue weighted by Gasteiger charge is -2.27. The summed E-state index contributed by atoms with van der Waals surface area (Å²) in [6.07, 6.45) is 2.46. The number of hydrogen-bond acceptors (Lipinski definition) is 3. The molecule has 20 heavy (non-hydrogen) atoms. The first-order valence-corrected chi connectivity index (χ1v) is 7.60. The molecule has 1 aromatic rings. The van der Waals surface area contributed by atoms with E-state index in [1.54, 1.807) is 0 Å². The van der Waals surface area contributed by atoms with Gasteiger partial charge in [-0.1, -0.05) is 30.3 Å². The van der Waals surface area contributed by atoms with Crippen molar-refractivity contribution in [2.45, 2.75) is 18.9 Å². The topological polar surface area (TPSA) is 44.4 Å². The maximum Gasteiger partial charge on any atom is 0.234 e. The standard InChI is InChI=1S/C16H23N3O/c20-15(12-19-10-8-17-9-11-19)18-16(14-6-7-14)13-4-2-1-3-5-13/h1-5,14,16-17H,6-12H2,(H,18,20). The molecule has 1 unspecified atom stereocenters. The molecule has 1 aliphatic heterocycles. The summed E-state index contributed by atoms with van der Waals surface area (Å²) >= 11 is 0. The van der Waals surface area contributed by atoms with Crippen LogP contribution in [-0.4, -0.2) is 43.5 Å². The third-order valence-corrected chi connectivity index (χ3v) is 4.15. The molecule has 1 atom stereocenters. The van der Waals surface area contributed by atoms with Crippen LogP contribution in [-0.2, 0) is 4.79 Å². The zero-order valence-corrected chi connectivity index (χ0v) is 11.8. The number of hydrogen-bond donors (Lipinski definition) is 2. The molecule has 0 bridgehead atoms. The molecule has 1 aliphatic carbocycles. The molecular formula is C16H23N3O. The summed E-state index contributed by atoms with van der Waals surface area (Å²) in [4.78, 5) is 14.5. The third kappa shape index (κ3) is 3.58. The van der Waals surface area contributed by atoms with Crippen molar-refractivity contribution in [1.82, 2.24) is 15.5 Å². The van der Waals surface area contributed by atoms with Crippen LogP contribution in [0.1, 0.15) is 24.4 Å². The van der Waals surface area contributed by atoms with Crippen LogP contribution >= 0.6 is 0 Å². The van der Waals surface area contributed by atoms with E-state index in [1.165, 1.54) is 18.4 Å². The van der Waals surface area contributed by atoms with E-state index in [0.717, 1.165) is 26.2 Å². The van der Waals surface area contributed by atoms with Crippen molar-refractivity contribution < 1.29 is 4.79 Å². The predicted octanol–water partition coefficient (Wildman–Crippen LogP) is 1.16. The second kappa shape index (κ2) is 6.37. The maximum absolute atomic E-state index is 12.3. The van der Waals surface area contributed by atoms with Crippen molar-refractivity contribution in [3.8, 4) is 0 Å². The van der Waals surface area contributed by atoms with E-state index in [9.17, 15) is 4.79 Å². The number of piperazine rings is 1. The predicted molar refractivity (Wildman–Crippen MR) is 79.4 cm³/mol. The number of amides is 1. The fourth-order valence-electron chi connectivity index (χ4n) is 2.85. The van der Waals surface area contributed by atoms with Gasteiger partial charge in [-0.15, -0.1) is 0 Å². The fourth-order valence-corrected chi connectivity index (χ4v) is 2.85. The van der Waals surface area contributed by atoms with Gasteiger partial charge in [-0.3, -0.25) is 9.69 Å². The zero-order chi connectivity index (χ0) is 13.8. The number of rotatable bonds is 5. The molecule has 1 saturated heterocycles. The number of nitrogens with one attached hydrogen (secondary N) is 2. The molecule has 0 radical (unpaired) electrons. The van der Waals surface area contributed by atoms with Crippen molar-refractivity contribution in [2.75, 3.05) is 32.7 Å². The summed E-state index contributed by atoms with van der Waals surface area (Å²) in [6, 6.07) is 10.6. The second-order valence-electron chi connectivity index (χ2n) is 5.82. The number of carbonyl (C=O) groups is 1. The summed E-state index contributed by atoms with van der Waals surface area (Å²) in [6.45, 7) is 4.42.